The number of carbonyl (C=O) groups excluding carboxylic acids is 2. The fourth-order valence-electron chi connectivity index (χ4n) is 3.27. The van der Waals surface area contributed by atoms with Gasteiger partial charge in [-0.25, -0.2) is 0 Å². The Morgan fingerprint density at radius 3 is 2.62 bits per heavy atom. The third-order valence-electron chi connectivity index (χ3n) is 4.40. The number of amides is 2. The van der Waals surface area contributed by atoms with Crippen molar-refractivity contribution in [1.29, 1.82) is 0 Å². The Morgan fingerprint density at radius 1 is 1.17 bits per heavy atom. The highest BCUT2D eigenvalue weighted by molar-refractivity contribution is 8.02. The van der Waals surface area contributed by atoms with Gasteiger partial charge in [0.25, 0.3) is 5.91 Å². The highest BCUT2D eigenvalue weighted by Crippen LogP contribution is 2.53. The number of thioether (sulfide) groups is 1. The Labute approximate surface area is 144 Å². The molecule has 2 aliphatic heterocycles. The van der Waals surface area contributed by atoms with Crippen molar-refractivity contribution in [3.63, 3.8) is 0 Å². The van der Waals surface area contributed by atoms with Gasteiger partial charge in [0.2, 0.25) is 10.8 Å². The summed E-state index contributed by atoms with van der Waals surface area (Å²) >= 11 is 1.37. The number of aryl methyl sites for hydroxylation is 1. The number of hydrogen-bond donors (Lipinski definition) is 1. The third kappa shape index (κ3) is 1.96. The standard InChI is InChI=1S/C18H16N2O3S/c1-11-3-8-15-14(9-11)18(17(22)19-15)20(16(21)10-24-18)12-4-6-13(23-2)7-5-12/h3-9H,10H2,1-2H3,(H,19,22). The number of rotatable bonds is 2. The average Bonchev–Trinajstić information content (AvgIpc) is 3.07. The molecule has 2 heterocycles. The van der Waals surface area contributed by atoms with E-state index in [4.69, 9.17) is 4.74 Å². The summed E-state index contributed by atoms with van der Waals surface area (Å²) in [6.07, 6.45) is 0. The van der Waals surface area contributed by atoms with Crippen LogP contribution in [0.5, 0.6) is 5.75 Å². The molecule has 2 amide bonds. The maximum atomic E-state index is 12.9. The largest absolute Gasteiger partial charge is 0.497 e. The van der Waals surface area contributed by atoms with Crippen molar-refractivity contribution < 1.29 is 14.3 Å². The van der Waals surface area contributed by atoms with E-state index in [2.05, 4.69) is 5.32 Å². The summed E-state index contributed by atoms with van der Waals surface area (Å²) in [5, 5.41) is 2.92. The van der Waals surface area contributed by atoms with Crippen molar-refractivity contribution in [2.24, 2.45) is 0 Å². The van der Waals surface area contributed by atoms with Gasteiger partial charge in [0.1, 0.15) is 5.75 Å². The van der Waals surface area contributed by atoms with Gasteiger partial charge >= 0.3 is 0 Å². The van der Waals surface area contributed by atoms with E-state index in [1.807, 2.05) is 37.3 Å². The van der Waals surface area contributed by atoms with Crippen LogP contribution in [-0.4, -0.2) is 24.7 Å². The number of carbonyl (C=O) groups is 2. The molecule has 1 saturated heterocycles. The molecule has 1 unspecified atom stereocenters. The Bertz CT molecular complexity index is 850. The van der Waals surface area contributed by atoms with Gasteiger partial charge in [-0.1, -0.05) is 17.7 Å². The van der Waals surface area contributed by atoms with E-state index in [1.54, 1.807) is 24.1 Å². The maximum Gasteiger partial charge on any atom is 0.266 e. The van der Waals surface area contributed by atoms with E-state index >= 15 is 0 Å². The number of benzene rings is 2. The summed E-state index contributed by atoms with van der Waals surface area (Å²) < 4.78 is 5.18. The molecular formula is C18H16N2O3S. The molecule has 0 aromatic heterocycles. The van der Waals surface area contributed by atoms with Crippen LogP contribution < -0.4 is 15.0 Å². The van der Waals surface area contributed by atoms with Crippen molar-refractivity contribution in [2.45, 2.75) is 11.8 Å². The fourth-order valence-corrected chi connectivity index (χ4v) is 4.57. The zero-order valence-electron chi connectivity index (χ0n) is 13.3. The highest BCUT2D eigenvalue weighted by Gasteiger charge is 2.58. The fraction of sp³-hybridized carbons (Fsp3) is 0.222. The van der Waals surface area contributed by atoms with Gasteiger partial charge in [0, 0.05) is 16.9 Å². The molecule has 0 radical (unpaired) electrons. The number of fused-ring (bicyclic) bond motifs is 2. The van der Waals surface area contributed by atoms with E-state index in [9.17, 15) is 9.59 Å². The second kappa shape index (κ2) is 5.27. The van der Waals surface area contributed by atoms with E-state index in [1.165, 1.54) is 11.8 Å². The Kier molecular flexibility index (Phi) is 3.31. The average molecular weight is 340 g/mol. The molecule has 2 aromatic rings. The van der Waals surface area contributed by atoms with Crippen LogP contribution in [0.3, 0.4) is 0 Å². The van der Waals surface area contributed by atoms with E-state index in [-0.39, 0.29) is 17.6 Å². The number of nitrogens with one attached hydrogen (secondary N) is 1. The summed E-state index contributed by atoms with van der Waals surface area (Å²) in [5.41, 5.74) is 3.36. The molecule has 5 nitrogen and oxygen atoms in total. The topological polar surface area (TPSA) is 58.6 Å². The van der Waals surface area contributed by atoms with E-state index < -0.39 is 4.87 Å². The van der Waals surface area contributed by atoms with Crippen LogP contribution in [0.15, 0.2) is 42.5 Å². The number of hydrogen-bond acceptors (Lipinski definition) is 4. The summed E-state index contributed by atoms with van der Waals surface area (Å²) in [5.74, 6) is 0.732. The van der Waals surface area contributed by atoms with Crippen LogP contribution in [0.4, 0.5) is 11.4 Å². The molecule has 0 aliphatic carbocycles. The molecule has 24 heavy (non-hydrogen) atoms. The van der Waals surface area contributed by atoms with Gasteiger partial charge in [-0.15, -0.1) is 11.8 Å². The molecule has 1 N–H and O–H groups in total. The summed E-state index contributed by atoms with van der Waals surface area (Å²) in [6.45, 7) is 1.98. The lowest BCUT2D eigenvalue weighted by molar-refractivity contribution is -0.122. The van der Waals surface area contributed by atoms with Crippen LogP contribution in [0.25, 0.3) is 0 Å². The smallest absolute Gasteiger partial charge is 0.266 e. The van der Waals surface area contributed by atoms with Crippen LogP contribution in [0.1, 0.15) is 11.1 Å². The van der Waals surface area contributed by atoms with Crippen molar-refractivity contribution in [3.8, 4) is 5.75 Å². The zero-order valence-corrected chi connectivity index (χ0v) is 14.1. The second-order valence-corrected chi connectivity index (χ2v) is 7.03. The molecule has 4 rings (SSSR count). The molecule has 1 fully saturated rings. The number of anilines is 2. The molecule has 1 atom stereocenters. The minimum Gasteiger partial charge on any atom is -0.497 e. The zero-order chi connectivity index (χ0) is 16.9. The lowest BCUT2D eigenvalue weighted by Crippen LogP contribution is -2.47. The maximum absolute atomic E-state index is 12.9. The lowest BCUT2D eigenvalue weighted by atomic mass is 10.0. The molecule has 0 bridgehead atoms. The van der Waals surface area contributed by atoms with Crippen molar-refractivity contribution >= 4 is 35.0 Å². The Hall–Kier alpha value is -2.47. The summed E-state index contributed by atoms with van der Waals surface area (Å²) in [4.78, 5) is 26.1. The molecular weight excluding hydrogens is 324 g/mol. The van der Waals surface area contributed by atoms with E-state index in [0.29, 0.717) is 11.4 Å². The van der Waals surface area contributed by atoms with Gasteiger partial charge in [-0.05, 0) is 37.3 Å². The minimum atomic E-state index is -1.03. The van der Waals surface area contributed by atoms with Crippen LogP contribution in [0, 0.1) is 6.92 Å². The van der Waals surface area contributed by atoms with Crippen LogP contribution >= 0.6 is 11.8 Å². The van der Waals surface area contributed by atoms with Crippen molar-refractivity contribution in [2.75, 3.05) is 23.1 Å². The quantitative estimate of drug-likeness (QED) is 0.913. The minimum absolute atomic E-state index is 0.0744. The molecule has 2 aromatic carbocycles. The first-order valence-corrected chi connectivity index (χ1v) is 8.58. The van der Waals surface area contributed by atoms with Crippen molar-refractivity contribution in [1.82, 2.24) is 0 Å². The van der Waals surface area contributed by atoms with Crippen LogP contribution in [0.2, 0.25) is 0 Å². The SMILES string of the molecule is COc1ccc(N2C(=O)CSC23C(=O)Nc2ccc(C)cc23)cc1. The van der Waals surface area contributed by atoms with Gasteiger partial charge < -0.3 is 10.1 Å². The second-order valence-electron chi connectivity index (χ2n) is 5.86. The molecule has 1 spiro atoms. The van der Waals surface area contributed by atoms with Gasteiger partial charge in [-0.2, -0.15) is 0 Å². The normalized spacial score (nSPS) is 22.0. The van der Waals surface area contributed by atoms with Gasteiger partial charge in [0.05, 0.1) is 12.9 Å². The first-order chi connectivity index (χ1) is 11.6. The Morgan fingerprint density at radius 2 is 1.92 bits per heavy atom. The van der Waals surface area contributed by atoms with Gasteiger partial charge in [-0.3, -0.25) is 14.5 Å². The van der Waals surface area contributed by atoms with Crippen molar-refractivity contribution in [3.05, 3.63) is 53.6 Å². The number of ether oxygens (including phenoxy) is 1. The predicted octanol–water partition coefficient (Wildman–Crippen LogP) is 2.89. The lowest BCUT2D eigenvalue weighted by Gasteiger charge is -2.32. The summed E-state index contributed by atoms with van der Waals surface area (Å²) in [6, 6.07) is 13.0. The molecule has 122 valence electrons. The highest BCUT2D eigenvalue weighted by atomic mass is 32.2. The first kappa shape index (κ1) is 15.1. The number of nitrogens with zero attached hydrogens (tertiary/aromatic N) is 1. The molecule has 2 aliphatic rings. The van der Waals surface area contributed by atoms with Crippen LogP contribution in [-0.2, 0) is 14.5 Å². The summed E-state index contributed by atoms with van der Waals surface area (Å²) in [7, 11) is 1.59. The van der Waals surface area contributed by atoms with E-state index in [0.717, 1.165) is 16.8 Å². The van der Waals surface area contributed by atoms with Gasteiger partial charge in [0.15, 0.2) is 0 Å². The molecule has 6 heteroatoms. The monoisotopic (exact) mass is 340 g/mol. The number of methoxy groups -OCH3 is 1. The molecule has 0 saturated carbocycles. The third-order valence-corrected chi connectivity index (χ3v) is 5.79. The Balaban J connectivity index is 1.88. The first-order valence-electron chi connectivity index (χ1n) is 7.60. The predicted molar refractivity (Wildman–Crippen MR) is 94.4 cm³/mol.